The highest BCUT2D eigenvalue weighted by Gasteiger charge is 2.40. The van der Waals surface area contributed by atoms with E-state index in [0.29, 0.717) is 31.8 Å². The minimum atomic E-state index is -3.18. The highest BCUT2D eigenvalue weighted by Crippen LogP contribution is 2.27. The largest absolute Gasteiger partial charge is 0.396 e. The number of piperidine rings is 1. The fourth-order valence-corrected chi connectivity index (χ4v) is 4.21. The number of aliphatic hydroxyl groups is 1. The fourth-order valence-electron chi connectivity index (χ4n) is 3.34. The van der Waals surface area contributed by atoms with E-state index < -0.39 is 21.0 Å². The maximum atomic E-state index is 12.9. The van der Waals surface area contributed by atoms with Crippen LogP contribution in [0.25, 0.3) is 0 Å². The molecule has 1 saturated heterocycles. The summed E-state index contributed by atoms with van der Waals surface area (Å²) in [6, 6.07) is -0.106. The van der Waals surface area contributed by atoms with E-state index in [9.17, 15) is 18.3 Å². The fraction of sp³-hybridized carbons (Fsp3) is 0.833. The van der Waals surface area contributed by atoms with Crippen LogP contribution in [0, 0.1) is 5.41 Å². The van der Waals surface area contributed by atoms with Crippen LogP contribution in [0.4, 0.5) is 0 Å². The van der Waals surface area contributed by atoms with Gasteiger partial charge in [0.1, 0.15) is 0 Å². The second kappa shape index (κ2) is 8.27. The van der Waals surface area contributed by atoms with Gasteiger partial charge in [-0.1, -0.05) is 13.8 Å². The number of hydrogen-bond acceptors (Lipinski definition) is 7. The lowest BCUT2D eigenvalue weighted by Crippen LogP contribution is -2.58. The van der Waals surface area contributed by atoms with Crippen molar-refractivity contribution in [2.45, 2.75) is 58.2 Å². The highest BCUT2D eigenvalue weighted by atomic mass is 32.2. The summed E-state index contributed by atoms with van der Waals surface area (Å²) < 4.78 is 24.9. The quantitative estimate of drug-likeness (QED) is 0.534. The van der Waals surface area contributed by atoms with E-state index >= 15 is 0 Å². The summed E-state index contributed by atoms with van der Waals surface area (Å²) in [5, 5.41) is 12.3. The van der Waals surface area contributed by atoms with Crippen LogP contribution in [-0.4, -0.2) is 79.3 Å². The third kappa shape index (κ3) is 5.04. The Bertz CT molecular complexity index is 711. The van der Waals surface area contributed by atoms with Crippen molar-refractivity contribution < 1.29 is 23.2 Å². The predicted octanol–water partition coefficient (Wildman–Crippen LogP) is 0.000300. The minimum absolute atomic E-state index is 0.0217. The van der Waals surface area contributed by atoms with Gasteiger partial charge in [-0.3, -0.25) is 15.0 Å². The molecule has 0 aromatic rings. The molecule has 0 aliphatic carbocycles. The lowest BCUT2D eigenvalue weighted by molar-refractivity contribution is -0.133. The number of nitrogens with zero attached hydrogens (tertiary/aromatic N) is 2. The van der Waals surface area contributed by atoms with Crippen LogP contribution in [0.2, 0.25) is 0 Å². The predicted molar refractivity (Wildman–Crippen MR) is 106 cm³/mol. The molecule has 1 atom stereocenters. The number of hydroxylamine groups is 1. The van der Waals surface area contributed by atoms with Gasteiger partial charge >= 0.3 is 0 Å². The number of rotatable bonds is 7. The molecular weight excluding hydrogens is 384 g/mol. The van der Waals surface area contributed by atoms with Gasteiger partial charge in [-0.05, 0) is 39.8 Å². The van der Waals surface area contributed by atoms with Crippen molar-refractivity contribution in [3.8, 4) is 0 Å². The molecule has 0 radical (unpaired) electrons. The molecule has 2 heterocycles. The number of carbonyl (C=O) groups is 1. The van der Waals surface area contributed by atoms with Crippen molar-refractivity contribution in [1.82, 2.24) is 20.0 Å². The number of nitrogens with one attached hydrogen (secondary N) is 2. The average Bonchev–Trinajstić information content (AvgIpc) is 3.09. The van der Waals surface area contributed by atoms with Crippen LogP contribution in [-0.2, 0) is 19.7 Å². The Morgan fingerprint density at radius 2 is 1.93 bits per heavy atom. The van der Waals surface area contributed by atoms with E-state index in [1.54, 1.807) is 6.08 Å². The van der Waals surface area contributed by atoms with Gasteiger partial charge < -0.3 is 9.94 Å². The Morgan fingerprint density at radius 1 is 1.36 bits per heavy atom. The van der Waals surface area contributed by atoms with Crippen molar-refractivity contribution in [3.63, 3.8) is 0 Å². The van der Waals surface area contributed by atoms with Gasteiger partial charge in [0, 0.05) is 24.5 Å². The highest BCUT2D eigenvalue weighted by molar-refractivity contribution is 7.88. The molecule has 0 spiro atoms. The molecule has 9 nitrogen and oxygen atoms in total. The molecule has 2 aliphatic rings. The molecular formula is C18H34N4O5S. The average molecular weight is 419 g/mol. The molecule has 0 bridgehead atoms. The maximum absolute atomic E-state index is 12.9. The molecule has 1 fully saturated rings. The van der Waals surface area contributed by atoms with Gasteiger partial charge in [0.2, 0.25) is 21.8 Å². The van der Waals surface area contributed by atoms with Crippen LogP contribution in [0.3, 0.4) is 0 Å². The van der Waals surface area contributed by atoms with Gasteiger partial charge in [-0.25, -0.2) is 12.7 Å². The summed E-state index contributed by atoms with van der Waals surface area (Å²) in [5.74, 6) is 0.112. The molecule has 10 heteroatoms. The van der Waals surface area contributed by atoms with E-state index in [-0.39, 0.29) is 24.6 Å². The van der Waals surface area contributed by atoms with Crippen LogP contribution in [0.5, 0.6) is 0 Å². The molecule has 0 aromatic carbocycles. The zero-order chi connectivity index (χ0) is 21.3. The lowest BCUT2D eigenvalue weighted by atomic mass is 9.86. The van der Waals surface area contributed by atoms with Crippen LogP contribution in [0.1, 0.15) is 40.5 Å². The zero-order valence-corrected chi connectivity index (χ0v) is 18.5. The normalized spacial score (nSPS) is 22.9. The maximum Gasteiger partial charge on any atom is 0.246 e. The summed E-state index contributed by atoms with van der Waals surface area (Å²) in [5.41, 5.74) is 1.59. The van der Waals surface area contributed by atoms with Crippen LogP contribution < -0.4 is 10.8 Å². The van der Waals surface area contributed by atoms with E-state index in [2.05, 4.69) is 10.8 Å². The Kier molecular flexibility index (Phi) is 6.82. The summed E-state index contributed by atoms with van der Waals surface area (Å²) in [7, 11) is -1.29. The number of amides is 1. The standard InChI is InChI=1S/C18H34N4O5S/c1-17(2,12-23)14-11-15(27-20-14)19-16(24)18(3,4)21(5)13-7-9-22(10-8-13)28(6,25)26/h11,13-14,20,23H,7-10,12H2,1-6H3,(H,19,24). The first kappa shape index (κ1) is 23.1. The van der Waals surface area contributed by atoms with E-state index in [1.165, 1.54) is 10.6 Å². The SMILES string of the molecule is CN(C1CCN(S(C)(=O)=O)CC1)C(C)(C)C(=O)NC1=CC(C(C)(C)CO)NO1. The summed E-state index contributed by atoms with van der Waals surface area (Å²) in [4.78, 5) is 20.3. The lowest BCUT2D eigenvalue weighted by Gasteiger charge is -2.43. The molecule has 0 aromatic heterocycles. The molecule has 1 unspecified atom stereocenters. The zero-order valence-electron chi connectivity index (χ0n) is 17.7. The van der Waals surface area contributed by atoms with Crippen molar-refractivity contribution >= 4 is 15.9 Å². The van der Waals surface area contributed by atoms with Crippen molar-refractivity contribution in [3.05, 3.63) is 12.0 Å². The van der Waals surface area contributed by atoms with Gasteiger partial charge in [0.25, 0.3) is 0 Å². The van der Waals surface area contributed by atoms with E-state index in [1.807, 2.05) is 39.6 Å². The molecule has 1 amide bonds. The number of likely N-dealkylation sites (N-methyl/N-ethyl adjacent to an activating group) is 1. The van der Waals surface area contributed by atoms with Gasteiger partial charge in [-0.15, -0.1) is 5.48 Å². The van der Waals surface area contributed by atoms with Crippen LogP contribution >= 0.6 is 0 Å². The monoisotopic (exact) mass is 418 g/mol. The third-order valence-corrected chi connectivity index (χ3v) is 7.28. The van der Waals surface area contributed by atoms with Crippen molar-refractivity contribution in [2.24, 2.45) is 5.41 Å². The van der Waals surface area contributed by atoms with Crippen molar-refractivity contribution in [2.75, 3.05) is 33.0 Å². The second-order valence-electron chi connectivity index (χ2n) is 8.89. The molecule has 3 N–H and O–H groups in total. The topological polar surface area (TPSA) is 111 Å². The molecule has 2 aliphatic heterocycles. The Hall–Kier alpha value is -1.20. The van der Waals surface area contributed by atoms with E-state index in [0.717, 1.165) is 0 Å². The molecule has 2 rings (SSSR count). The number of aliphatic hydroxyl groups excluding tert-OH is 1. The van der Waals surface area contributed by atoms with Crippen molar-refractivity contribution in [1.29, 1.82) is 0 Å². The summed E-state index contributed by atoms with van der Waals surface area (Å²) >= 11 is 0. The summed E-state index contributed by atoms with van der Waals surface area (Å²) in [6.07, 6.45) is 4.33. The second-order valence-corrected chi connectivity index (χ2v) is 10.9. The number of carbonyl (C=O) groups excluding carboxylic acids is 1. The van der Waals surface area contributed by atoms with Gasteiger partial charge in [0.15, 0.2) is 0 Å². The Balaban J connectivity index is 1.98. The first-order valence-corrected chi connectivity index (χ1v) is 11.4. The number of sulfonamides is 1. The number of hydrogen-bond donors (Lipinski definition) is 3. The Labute approximate surface area is 168 Å². The summed E-state index contributed by atoms with van der Waals surface area (Å²) in [6.45, 7) is 8.37. The first-order chi connectivity index (χ1) is 12.8. The third-order valence-electron chi connectivity index (χ3n) is 5.98. The Morgan fingerprint density at radius 3 is 2.43 bits per heavy atom. The molecule has 0 saturated carbocycles. The van der Waals surface area contributed by atoms with Gasteiger partial charge in [0.05, 0.1) is 24.4 Å². The minimum Gasteiger partial charge on any atom is -0.396 e. The van der Waals surface area contributed by atoms with Crippen LogP contribution in [0.15, 0.2) is 12.0 Å². The smallest absolute Gasteiger partial charge is 0.246 e. The first-order valence-electron chi connectivity index (χ1n) is 9.53. The molecule has 162 valence electrons. The van der Waals surface area contributed by atoms with Gasteiger partial charge in [-0.2, -0.15) is 0 Å². The molecule has 28 heavy (non-hydrogen) atoms. The van der Waals surface area contributed by atoms with E-state index in [4.69, 9.17) is 4.84 Å².